The van der Waals surface area contributed by atoms with Gasteiger partial charge >= 0.3 is 0 Å². The van der Waals surface area contributed by atoms with Crippen molar-refractivity contribution in [3.8, 4) is 11.5 Å². The zero-order valence-corrected chi connectivity index (χ0v) is 10.6. The predicted molar refractivity (Wildman–Crippen MR) is 69.9 cm³/mol. The molecule has 0 saturated carbocycles. The van der Waals surface area contributed by atoms with Gasteiger partial charge in [0.1, 0.15) is 11.5 Å². The monoisotopic (exact) mass is 250 g/mol. The predicted octanol–water partition coefficient (Wildman–Crippen LogP) is 2.39. The molecule has 0 bridgehead atoms. The Morgan fingerprint density at radius 1 is 1.39 bits per heavy atom. The second-order valence-electron chi connectivity index (χ2n) is 4.09. The molecule has 1 amide bonds. The number of hydrogen-bond acceptors (Lipinski definition) is 4. The molecule has 1 aromatic carbocycles. The van der Waals surface area contributed by atoms with Gasteiger partial charge in [-0.15, -0.1) is 0 Å². The third-order valence-electron chi connectivity index (χ3n) is 2.47. The minimum atomic E-state index is -0.542. The van der Waals surface area contributed by atoms with E-state index in [-0.39, 0.29) is 17.1 Å². The Hall–Kier alpha value is -2.04. The molecule has 5 heteroatoms. The van der Waals surface area contributed by atoms with Gasteiger partial charge in [0.25, 0.3) is 5.91 Å². The van der Waals surface area contributed by atoms with E-state index in [0.29, 0.717) is 0 Å². The largest absolute Gasteiger partial charge is 0.508 e. The quantitative estimate of drug-likeness (QED) is 0.426. The Morgan fingerprint density at radius 2 is 2.11 bits per heavy atom. The molecule has 5 nitrogen and oxygen atoms in total. The summed E-state index contributed by atoms with van der Waals surface area (Å²) >= 11 is 0. The van der Waals surface area contributed by atoms with Gasteiger partial charge in [0.2, 0.25) is 0 Å². The second kappa shape index (κ2) is 6.64. The lowest BCUT2D eigenvalue weighted by Gasteiger charge is -2.04. The van der Waals surface area contributed by atoms with Gasteiger partial charge in [-0.3, -0.25) is 4.79 Å². The summed E-state index contributed by atoms with van der Waals surface area (Å²) in [5.41, 5.74) is 3.18. The van der Waals surface area contributed by atoms with E-state index in [1.807, 2.05) is 6.92 Å². The lowest BCUT2D eigenvalue weighted by Crippen LogP contribution is -2.19. The average Bonchev–Trinajstić information content (AvgIpc) is 2.36. The molecule has 1 aromatic rings. The molecule has 0 atom stereocenters. The minimum absolute atomic E-state index is 0.00189. The third-order valence-corrected chi connectivity index (χ3v) is 2.47. The number of hydrazone groups is 1. The molecule has 0 unspecified atom stereocenters. The highest BCUT2D eigenvalue weighted by Gasteiger charge is 2.11. The Balaban J connectivity index is 2.68. The van der Waals surface area contributed by atoms with Crippen molar-refractivity contribution in [2.75, 3.05) is 0 Å². The number of phenols is 2. The normalized spacial score (nSPS) is 11.3. The van der Waals surface area contributed by atoms with Gasteiger partial charge < -0.3 is 10.2 Å². The molecule has 0 aliphatic rings. The maximum Gasteiger partial charge on any atom is 0.275 e. The first-order chi connectivity index (χ1) is 8.54. The van der Waals surface area contributed by atoms with Crippen molar-refractivity contribution in [2.24, 2.45) is 5.10 Å². The Morgan fingerprint density at radius 3 is 2.78 bits per heavy atom. The number of carbonyl (C=O) groups is 1. The van der Waals surface area contributed by atoms with Gasteiger partial charge in [0.05, 0.1) is 5.56 Å². The SMILES string of the molecule is CCCC/C(C)=N/NC(=O)c1cc(O)ccc1O. The van der Waals surface area contributed by atoms with Crippen molar-refractivity contribution < 1.29 is 15.0 Å². The van der Waals surface area contributed by atoms with Gasteiger partial charge in [0.15, 0.2) is 0 Å². The summed E-state index contributed by atoms with van der Waals surface area (Å²) in [7, 11) is 0. The highest BCUT2D eigenvalue weighted by Crippen LogP contribution is 2.21. The van der Waals surface area contributed by atoms with E-state index < -0.39 is 5.91 Å². The zero-order valence-electron chi connectivity index (χ0n) is 10.6. The number of amides is 1. The first-order valence-electron chi connectivity index (χ1n) is 5.90. The van der Waals surface area contributed by atoms with E-state index in [1.165, 1.54) is 18.2 Å². The van der Waals surface area contributed by atoms with Crippen molar-refractivity contribution in [1.29, 1.82) is 0 Å². The lowest BCUT2D eigenvalue weighted by molar-refractivity contribution is 0.0951. The fourth-order valence-corrected chi connectivity index (χ4v) is 1.40. The summed E-state index contributed by atoms with van der Waals surface area (Å²) in [6.07, 6.45) is 2.90. The van der Waals surface area contributed by atoms with Gasteiger partial charge in [-0.05, 0) is 38.0 Å². The fourth-order valence-electron chi connectivity index (χ4n) is 1.40. The smallest absolute Gasteiger partial charge is 0.275 e. The van der Waals surface area contributed by atoms with Crippen LogP contribution in [0.3, 0.4) is 0 Å². The highest BCUT2D eigenvalue weighted by atomic mass is 16.3. The maximum absolute atomic E-state index is 11.7. The Bertz CT molecular complexity index is 456. The molecule has 0 aromatic heterocycles. The Labute approximate surface area is 106 Å². The van der Waals surface area contributed by atoms with Gasteiger partial charge in [0, 0.05) is 5.71 Å². The van der Waals surface area contributed by atoms with Crippen LogP contribution in [-0.4, -0.2) is 21.8 Å². The molecular formula is C13H18N2O3. The number of rotatable bonds is 5. The molecule has 0 radical (unpaired) electrons. The first kappa shape index (κ1) is 14.0. The van der Waals surface area contributed by atoms with Crippen molar-refractivity contribution in [2.45, 2.75) is 33.1 Å². The number of nitrogens with zero attached hydrogens (tertiary/aromatic N) is 1. The van der Waals surface area contributed by atoms with Crippen molar-refractivity contribution in [1.82, 2.24) is 5.43 Å². The summed E-state index contributed by atoms with van der Waals surface area (Å²) in [6.45, 7) is 3.91. The number of phenolic OH excluding ortho intramolecular Hbond substituents is 2. The fraction of sp³-hybridized carbons (Fsp3) is 0.385. The van der Waals surface area contributed by atoms with Crippen LogP contribution in [0.5, 0.6) is 11.5 Å². The number of unbranched alkanes of at least 4 members (excludes halogenated alkanes) is 1. The van der Waals surface area contributed by atoms with E-state index in [9.17, 15) is 15.0 Å². The molecule has 18 heavy (non-hydrogen) atoms. The number of benzene rings is 1. The van der Waals surface area contributed by atoms with Crippen LogP contribution < -0.4 is 5.43 Å². The number of nitrogens with one attached hydrogen (secondary N) is 1. The van der Waals surface area contributed by atoms with Crippen LogP contribution in [0.15, 0.2) is 23.3 Å². The number of carbonyl (C=O) groups excluding carboxylic acids is 1. The van der Waals surface area contributed by atoms with Crippen LogP contribution >= 0.6 is 0 Å². The van der Waals surface area contributed by atoms with Crippen LogP contribution in [0.2, 0.25) is 0 Å². The molecule has 0 aliphatic heterocycles. The minimum Gasteiger partial charge on any atom is -0.508 e. The molecule has 0 saturated heterocycles. The van der Waals surface area contributed by atoms with Crippen molar-refractivity contribution in [3.63, 3.8) is 0 Å². The van der Waals surface area contributed by atoms with Crippen molar-refractivity contribution in [3.05, 3.63) is 23.8 Å². The van der Waals surface area contributed by atoms with Crippen molar-refractivity contribution >= 4 is 11.6 Å². The van der Waals surface area contributed by atoms with E-state index >= 15 is 0 Å². The topological polar surface area (TPSA) is 81.9 Å². The second-order valence-corrected chi connectivity index (χ2v) is 4.09. The number of aromatic hydroxyl groups is 2. The summed E-state index contributed by atoms with van der Waals surface area (Å²) in [5.74, 6) is -0.810. The standard InChI is InChI=1S/C13H18N2O3/c1-3-4-5-9(2)14-15-13(18)11-8-10(16)6-7-12(11)17/h6-8,16-17H,3-5H2,1-2H3,(H,15,18)/b14-9+. The third kappa shape index (κ3) is 4.08. The summed E-state index contributed by atoms with van der Waals surface area (Å²) < 4.78 is 0. The van der Waals surface area contributed by atoms with Crippen LogP contribution in [0.25, 0.3) is 0 Å². The highest BCUT2D eigenvalue weighted by molar-refractivity contribution is 5.97. The van der Waals surface area contributed by atoms with Gasteiger partial charge in [-0.2, -0.15) is 5.10 Å². The molecule has 0 spiro atoms. The van der Waals surface area contributed by atoms with E-state index in [4.69, 9.17) is 0 Å². The van der Waals surface area contributed by atoms with Crippen LogP contribution in [-0.2, 0) is 0 Å². The first-order valence-corrected chi connectivity index (χ1v) is 5.90. The molecule has 0 aliphatic carbocycles. The van der Waals surface area contributed by atoms with Gasteiger partial charge in [-0.25, -0.2) is 5.43 Å². The van der Waals surface area contributed by atoms with E-state index in [1.54, 1.807) is 0 Å². The molecule has 98 valence electrons. The molecule has 3 N–H and O–H groups in total. The average molecular weight is 250 g/mol. The Kier molecular flexibility index (Phi) is 5.17. The van der Waals surface area contributed by atoms with Crippen LogP contribution in [0, 0.1) is 0 Å². The zero-order chi connectivity index (χ0) is 13.5. The summed E-state index contributed by atoms with van der Waals surface area (Å²) in [5, 5.41) is 22.7. The molecule has 0 heterocycles. The van der Waals surface area contributed by atoms with Crippen LogP contribution in [0.4, 0.5) is 0 Å². The molecule has 1 rings (SSSR count). The molecular weight excluding hydrogens is 232 g/mol. The summed E-state index contributed by atoms with van der Waals surface area (Å²) in [6, 6.07) is 3.77. The van der Waals surface area contributed by atoms with E-state index in [0.717, 1.165) is 25.0 Å². The molecule has 0 fully saturated rings. The van der Waals surface area contributed by atoms with E-state index in [2.05, 4.69) is 17.5 Å². The number of hydrogen-bond donors (Lipinski definition) is 3. The van der Waals surface area contributed by atoms with Crippen LogP contribution in [0.1, 0.15) is 43.5 Å². The summed E-state index contributed by atoms with van der Waals surface area (Å²) in [4.78, 5) is 11.7. The lowest BCUT2D eigenvalue weighted by atomic mass is 10.2. The van der Waals surface area contributed by atoms with Gasteiger partial charge in [-0.1, -0.05) is 13.3 Å². The maximum atomic E-state index is 11.7.